The first-order valence-electron chi connectivity index (χ1n) is 6.37. The molecule has 2 aromatic carbocycles. The third-order valence-corrected chi connectivity index (χ3v) is 3.06. The summed E-state index contributed by atoms with van der Waals surface area (Å²) in [5.41, 5.74) is 0.232. The van der Waals surface area contributed by atoms with Gasteiger partial charge in [0.25, 0.3) is 0 Å². The van der Waals surface area contributed by atoms with Gasteiger partial charge in [0.2, 0.25) is 0 Å². The molecular weight excluding hydrogens is 290 g/mol. The van der Waals surface area contributed by atoms with Crippen molar-refractivity contribution in [2.75, 3.05) is 0 Å². The summed E-state index contributed by atoms with van der Waals surface area (Å²) in [5.74, 6) is -0.537. The molecule has 1 heterocycles. The van der Waals surface area contributed by atoms with Gasteiger partial charge in [0.05, 0.1) is 18.0 Å². The summed E-state index contributed by atoms with van der Waals surface area (Å²) in [7, 11) is 0. The lowest BCUT2D eigenvalue weighted by Gasteiger charge is -2.09. The van der Waals surface area contributed by atoms with Crippen LogP contribution in [0.1, 0.15) is 5.56 Å². The minimum Gasteiger partial charge on any atom is -0.455 e. The fourth-order valence-electron chi connectivity index (χ4n) is 2.08. The van der Waals surface area contributed by atoms with E-state index < -0.39 is 11.6 Å². The van der Waals surface area contributed by atoms with E-state index in [2.05, 4.69) is 10.1 Å². The lowest BCUT2D eigenvalue weighted by molar-refractivity contribution is 0.321. The van der Waals surface area contributed by atoms with Crippen LogP contribution >= 0.6 is 0 Å². The van der Waals surface area contributed by atoms with Crippen molar-refractivity contribution in [2.45, 2.75) is 0 Å². The molecule has 0 spiro atoms. The van der Waals surface area contributed by atoms with Crippen LogP contribution in [0.3, 0.4) is 0 Å². The average Bonchev–Trinajstić information content (AvgIpc) is 2.51. The van der Waals surface area contributed by atoms with Crippen molar-refractivity contribution in [2.24, 2.45) is 5.16 Å². The van der Waals surface area contributed by atoms with Gasteiger partial charge in [-0.05, 0) is 24.3 Å². The molecule has 0 aliphatic carbocycles. The van der Waals surface area contributed by atoms with Crippen LogP contribution in [0.25, 0.3) is 10.9 Å². The number of pyridine rings is 1. The van der Waals surface area contributed by atoms with Gasteiger partial charge in [-0.15, -0.1) is 0 Å². The Hall–Kier alpha value is -3.02. The van der Waals surface area contributed by atoms with Crippen molar-refractivity contribution >= 4 is 17.1 Å². The number of nitrogens with zero attached hydrogens (tertiary/aromatic N) is 2. The Morgan fingerprint density at radius 1 is 1.09 bits per heavy atom. The van der Waals surface area contributed by atoms with Crippen LogP contribution in [0, 0.1) is 11.6 Å². The number of rotatable bonds is 3. The summed E-state index contributed by atoms with van der Waals surface area (Å²) in [6.07, 6.45) is 2.29. The maximum atomic E-state index is 13.7. The van der Waals surface area contributed by atoms with Crippen molar-refractivity contribution in [1.82, 2.24) is 4.98 Å². The molecule has 22 heavy (non-hydrogen) atoms. The molecule has 6 heteroatoms. The predicted octanol–water partition coefficient (Wildman–Crippen LogP) is 4.11. The Bertz CT molecular complexity index is 866. The van der Waals surface area contributed by atoms with E-state index >= 15 is 0 Å². The number of hydrogen-bond donors (Lipinski definition) is 1. The lowest BCUT2D eigenvalue weighted by Crippen LogP contribution is -1.95. The van der Waals surface area contributed by atoms with E-state index in [1.54, 1.807) is 18.2 Å². The fourth-order valence-corrected chi connectivity index (χ4v) is 2.08. The van der Waals surface area contributed by atoms with Gasteiger partial charge in [-0.25, -0.2) is 13.8 Å². The third kappa shape index (κ3) is 2.58. The molecule has 4 nitrogen and oxygen atoms in total. The van der Waals surface area contributed by atoms with Gasteiger partial charge in [0.1, 0.15) is 28.7 Å². The largest absolute Gasteiger partial charge is 0.455 e. The fraction of sp³-hybridized carbons (Fsp3) is 0. The Balaban J connectivity index is 2.02. The van der Waals surface area contributed by atoms with Gasteiger partial charge in [0, 0.05) is 5.39 Å². The maximum absolute atomic E-state index is 13.7. The summed E-state index contributed by atoms with van der Waals surface area (Å²) in [6.45, 7) is 0. The van der Waals surface area contributed by atoms with Crippen molar-refractivity contribution in [3.8, 4) is 11.5 Å². The molecule has 1 aromatic heterocycles. The van der Waals surface area contributed by atoms with E-state index in [-0.39, 0.29) is 16.8 Å². The van der Waals surface area contributed by atoms with Crippen LogP contribution in [-0.4, -0.2) is 16.4 Å². The molecule has 0 aliphatic rings. The number of halogens is 2. The highest BCUT2D eigenvalue weighted by atomic mass is 19.1. The zero-order chi connectivity index (χ0) is 15.5. The number of aromatic nitrogens is 1. The number of oxime groups is 1. The van der Waals surface area contributed by atoms with Gasteiger partial charge >= 0.3 is 0 Å². The van der Waals surface area contributed by atoms with Crippen molar-refractivity contribution in [3.05, 3.63) is 65.9 Å². The van der Waals surface area contributed by atoms with Gasteiger partial charge in [0.15, 0.2) is 0 Å². The molecule has 3 rings (SSSR count). The van der Waals surface area contributed by atoms with E-state index in [4.69, 9.17) is 9.94 Å². The second-order valence-corrected chi connectivity index (χ2v) is 4.48. The van der Waals surface area contributed by atoms with E-state index in [1.807, 2.05) is 0 Å². The SMILES string of the molecule is ON=Cc1c(F)cccc1Oc1cnc2c(F)cccc2c1. The second kappa shape index (κ2) is 5.77. The number of hydrogen-bond acceptors (Lipinski definition) is 4. The molecular formula is C16H10F2N2O2. The zero-order valence-electron chi connectivity index (χ0n) is 11.2. The molecule has 0 unspecified atom stereocenters. The lowest BCUT2D eigenvalue weighted by atomic mass is 10.2. The summed E-state index contributed by atoms with van der Waals surface area (Å²) in [5, 5.41) is 12.0. The number of para-hydroxylation sites is 1. The highest BCUT2D eigenvalue weighted by molar-refractivity contribution is 5.84. The maximum Gasteiger partial charge on any atom is 0.149 e. The molecule has 0 bridgehead atoms. The molecule has 0 radical (unpaired) electrons. The molecule has 0 amide bonds. The van der Waals surface area contributed by atoms with Crippen LogP contribution in [0.2, 0.25) is 0 Å². The van der Waals surface area contributed by atoms with E-state index in [0.717, 1.165) is 6.21 Å². The molecule has 1 N–H and O–H groups in total. The third-order valence-electron chi connectivity index (χ3n) is 3.06. The van der Waals surface area contributed by atoms with E-state index in [1.165, 1.54) is 30.5 Å². The summed E-state index contributed by atoms with van der Waals surface area (Å²) >= 11 is 0. The van der Waals surface area contributed by atoms with Crippen LogP contribution in [0.15, 0.2) is 53.8 Å². The van der Waals surface area contributed by atoms with Crippen molar-refractivity contribution < 1.29 is 18.7 Å². The van der Waals surface area contributed by atoms with Crippen molar-refractivity contribution in [1.29, 1.82) is 0 Å². The minimum absolute atomic E-state index is 0.00402. The van der Waals surface area contributed by atoms with Crippen LogP contribution in [-0.2, 0) is 0 Å². The molecule has 0 saturated carbocycles. The van der Waals surface area contributed by atoms with E-state index in [9.17, 15) is 8.78 Å². The first-order chi connectivity index (χ1) is 10.7. The minimum atomic E-state index is -0.588. The standard InChI is InChI=1S/C16H10F2N2O2/c17-13-4-2-6-15(12(13)9-20-21)22-11-7-10-3-1-5-14(18)16(10)19-8-11/h1-9,21H. The predicted molar refractivity (Wildman–Crippen MR) is 77.6 cm³/mol. The summed E-state index contributed by atoms with van der Waals surface area (Å²) < 4.78 is 32.8. The molecule has 0 saturated heterocycles. The van der Waals surface area contributed by atoms with E-state index in [0.29, 0.717) is 11.1 Å². The monoisotopic (exact) mass is 300 g/mol. The molecule has 0 aliphatic heterocycles. The normalized spacial score (nSPS) is 11.2. The Kier molecular flexibility index (Phi) is 3.65. The first kappa shape index (κ1) is 13.9. The number of benzene rings is 2. The van der Waals surface area contributed by atoms with Crippen LogP contribution in [0.5, 0.6) is 11.5 Å². The zero-order valence-corrected chi connectivity index (χ0v) is 11.2. The van der Waals surface area contributed by atoms with Gasteiger partial charge < -0.3 is 9.94 Å². The molecule has 0 atom stereocenters. The molecule has 110 valence electrons. The Morgan fingerprint density at radius 3 is 2.68 bits per heavy atom. The summed E-state index contributed by atoms with van der Waals surface area (Å²) in [6, 6.07) is 10.4. The molecule has 3 aromatic rings. The van der Waals surface area contributed by atoms with Gasteiger partial charge in [-0.2, -0.15) is 0 Å². The van der Waals surface area contributed by atoms with Gasteiger partial charge in [-0.1, -0.05) is 23.4 Å². The highest BCUT2D eigenvalue weighted by Gasteiger charge is 2.10. The molecule has 0 fully saturated rings. The van der Waals surface area contributed by atoms with Crippen molar-refractivity contribution in [3.63, 3.8) is 0 Å². The first-order valence-corrected chi connectivity index (χ1v) is 6.37. The van der Waals surface area contributed by atoms with Crippen LogP contribution < -0.4 is 4.74 Å². The highest BCUT2D eigenvalue weighted by Crippen LogP contribution is 2.28. The quantitative estimate of drug-likeness (QED) is 0.450. The van der Waals surface area contributed by atoms with Gasteiger partial charge in [-0.3, -0.25) is 0 Å². The number of fused-ring (bicyclic) bond motifs is 1. The topological polar surface area (TPSA) is 54.7 Å². The smallest absolute Gasteiger partial charge is 0.149 e. The van der Waals surface area contributed by atoms with Crippen LogP contribution in [0.4, 0.5) is 8.78 Å². The Labute approximate surface area is 124 Å². The summed E-state index contributed by atoms with van der Waals surface area (Å²) in [4.78, 5) is 4.00. The number of ether oxygens (including phenoxy) is 1. The Morgan fingerprint density at radius 2 is 1.86 bits per heavy atom. The average molecular weight is 300 g/mol. The second-order valence-electron chi connectivity index (χ2n) is 4.48.